The van der Waals surface area contributed by atoms with Crippen LogP contribution < -0.4 is 9.47 Å². The molecular weight excluding hydrogens is 656 g/mol. The zero-order valence-electron chi connectivity index (χ0n) is 32.4. The summed E-state index contributed by atoms with van der Waals surface area (Å²) in [6, 6.07) is 14.2. The summed E-state index contributed by atoms with van der Waals surface area (Å²) in [5.74, 6) is 0.846. The van der Waals surface area contributed by atoms with Crippen LogP contribution in [0.25, 0.3) is 21.5 Å². The summed E-state index contributed by atoms with van der Waals surface area (Å²) in [4.78, 5) is 25.7. The number of aryl methyl sites for hydroxylation is 1. The van der Waals surface area contributed by atoms with Gasteiger partial charge >= 0.3 is 11.9 Å². The van der Waals surface area contributed by atoms with E-state index >= 15 is 0 Å². The third-order valence-corrected chi connectivity index (χ3v) is 8.59. The predicted molar refractivity (Wildman–Crippen MR) is 210 cm³/mol. The van der Waals surface area contributed by atoms with E-state index in [-0.39, 0.29) is 38.4 Å². The van der Waals surface area contributed by atoms with E-state index in [1.807, 2.05) is 38.1 Å². The minimum Gasteiger partial charge on any atom is -0.488 e. The van der Waals surface area contributed by atoms with Gasteiger partial charge in [-0.2, -0.15) is 0 Å². The topological polar surface area (TPSA) is 89.5 Å². The van der Waals surface area contributed by atoms with Crippen LogP contribution in [-0.2, 0) is 35.0 Å². The van der Waals surface area contributed by atoms with Crippen LogP contribution in [0, 0.1) is 0 Å². The zero-order chi connectivity index (χ0) is 37.7. The fraction of sp³-hybridized carbons (Fsp3) is 0.545. The number of rotatable bonds is 27. The van der Waals surface area contributed by atoms with Gasteiger partial charge < -0.3 is 28.4 Å². The average Bonchev–Trinajstić information content (AvgIpc) is 3.12. The lowest BCUT2D eigenvalue weighted by Gasteiger charge is -2.23. The Morgan fingerprint density at radius 2 is 1.06 bits per heavy atom. The highest BCUT2D eigenvalue weighted by Gasteiger charge is 2.23. The highest BCUT2D eigenvalue weighted by Crippen LogP contribution is 2.43. The molecule has 0 bridgehead atoms. The first-order valence-corrected chi connectivity index (χ1v) is 19.2. The van der Waals surface area contributed by atoms with Gasteiger partial charge in [0.2, 0.25) is 0 Å². The summed E-state index contributed by atoms with van der Waals surface area (Å²) < 4.78 is 36.7. The summed E-state index contributed by atoms with van der Waals surface area (Å²) in [7, 11) is 0. The third-order valence-electron chi connectivity index (χ3n) is 8.59. The zero-order valence-corrected chi connectivity index (χ0v) is 32.4. The molecule has 3 rings (SSSR count). The van der Waals surface area contributed by atoms with Crippen molar-refractivity contribution < 1.29 is 38.0 Å². The summed E-state index contributed by atoms with van der Waals surface area (Å²) in [5, 5.41) is 3.45. The molecule has 0 saturated heterocycles. The Labute approximate surface area is 311 Å². The maximum Gasteiger partial charge on any atom is 0.306 e. The van der Waals surface area contributed by atoms with Crippen molar-refractivity contribution in [1.82, 2.24) is 0 Å². The van der Waals surface area contributed by atoms with E-state index in [2.05, 4.69) is 52.1 Å². The second-order valence-electron chi connectivity index (χ2n) is 13.8. The molecule has 8 nitrogen and oxygen atoms in total. The van der Waals surface area contributed by atoms with Crippen molar-refractivity contribution in [3.63, 3.8) is 0 Å². The van der Waals surface area contributed by atoms with Gasteiger partial charge in [0.1, 0.15) is 24.7 Å². The lowest BCUT2D eigenvalue weighted by Crippen LogP contribution is -2.30. The molecule has 0 aliphatic carbocycles. The fourth-order valence-corrected chi connectivity index (χ4v) is 5.87. The molecule has 0 fully saturated rings. The van der Waals surface area contributed by atoms with E-state index in [9.17, 15) is 9.59 Å². The standard InChI is InChI=1S/C44H62O8/c1-8-11-13-15-21-41(45)51-35(28-47-26-32(4)5)30-49-43-37-19-17-18-20-38(37)44(40-25-34(10-3)23-24-39(40)43)50-31-36(29-48-27-33(6)7)52-42(46)22-16-14-12-9-2/h17-20,23-25,35-36H,4,6,8-16,21-22,26-31H2,1-3,5,7H3. The molecule has 2 unspecified atom stereocenters. The third kappa shape index (κ3) is 14.6. The number of carbonyl (C=O) groups is 2. The van der Waals surface area contributed by atoms with Crippen molar-refractivity contribution in [2.24, 2.45) is 0 Å². The van der Waals surface area contributed by atoms with Crippen LogP contribution in [0.4, 0.5) is 0 Å². The lowest BCUT2D eigenvalue weighted by atomic mass is 9.98. The van der Waals surface area contributed by atoms with Gasteiger partial charge in [0, 0.05) is 34.4 Å². The van der Waals surface area contributed by atoms with E-state index in [1.54, 1.807) is 0 Å². The molecule has 2 atom stereocenters. The smallest absolute Gasteiger partial charge is 0.306 e. The number of ether oxygens (including phenoxy) is 6. The Hall–Kier alpha value is -3.88. The molecule has 0 aliphatic rings. The monoisotopic (exact) mass is 718 g/mol. The van der Waals surface area contributed by atoms with Gasteiger partial charge in [-0.15, -0.1) is 0 Å². The molecule has 3 aromatic carbocycles. The first-order chi connectivity index (χ1) is 25.2. The lowest BCUT2D eigenvalue weighted by molar-refractivity contribution is -0.154. The molecule has 0 amide bonds. The van der Waals surface area contributed by atoms with E-state index in [0.717, 1.165) is 96.0 Å². The predicted octanol–water partition coefficient (Wildman–Crippen LogP) is 10.3. The van der Waals surface area contributed by atoms with Crippen molar-refractivity contribution >= 4 is 33.5 Å². The molecule has 3 aromatic rings. The first-order valence-electron chi connectivity index (χ1n) is 19.2. The summed E-state index contributed by atoms with van der Waals surface area (Å²) in [5.41, 5.74) is 2.91. The molecule has 0 spiro atoms. The van der Waals surface area contributed by atoms with Crippen LogP contribution in [0.1, 0.15) is 104 Å². The van der Waals surface area contributed by atoms with Gasteiger partial charge in [-0.1, -0.05) is 120 Å². The second kappa shape index (κ2) is 23.6. The second-order valence-corrected chi connectivity index (χ2v) is 13.8. The highest BCUT2D eigenvalue weighted by molar-refractivity contribution is 6.11. The van der Waals surface area contributed by atoms with Crippen molar-refractivity contribution in [3.8, 4) is 11.5 Å². The Morgan fingerprint density at radius 1 is 0.596 bits per heavy atom. The number of unbranched alkanes of at least 4 members (excludes halogenated alkanes) is 6. The number of hydrogen-bond donors (Lipinski definition) is 0. The number of benzene rings is 3. The molecule has 0 N–H and O–H groups in total. The van der Waals surface area contributed by atoms with Gasteiger partial charge in [0.25, 0.3) is 0 Å². The van der Waals surface area contributed by atoms with E-state index in [1.165, 1.54) is 0 Å². The summed E-state index contributed by atoms with van der Waals surface area (Å²) in [6.45, 7) is 19.4. The number of fused-ring (bicyclic) bond motifs is 2. The normalized spacial score (nSPS) is 12.4. The highest BCUT2D eigenvalue weighted by atomic mass is 16.6. The summed E-state index contributed by atoms with van der Waals surface area (Å²) in [6.07, 6.45) is 8.32. The van der Waals surface area contributed by atoms with Crippen LogP contribution >= 0.6 is 0 Å². The molecule has 286 valence electrons. The van der Waals surface area contributed by atoms with Gasteiger partial charge in [-0.25, -0.2) is 0 Å². The van der Waals surface area contributed by atoms with Crippen LogP contribution in [-0.4, -0.2) is 63.8 Å². The van der Waals surface area contributed by atoms with E-state index in [0.29, 0.717) is 37.6 Å². The van der Waals surface area contributed by atoms with Crippen molar-refractivity contribution in [3.05, 3.63) is 72.3 Å². The van der Waals surface area contributed by atoms with Gasteiger partial charge in [-0.05, 0) is 44.7 Å². The molecule has 0 saturated carbocycles. The van der Waals surface area contributed by atoms with Crippen molar-refractivity contribution in [1.29, 1.82) is 0 Å². The quantitative estimate of drug-likeness (QED) is 0.0333. The minimum atomic E-state index is -0.603. The van der Waals surface area contributed by atoms with Crippen LogP contribution in [0.2, 0.25) is 0 Å². The first kappa shape index (κ1) is 42.5. The SMILES string of the molecule is C=C(C)COCC(COc1c2ccccc2c(OCC(COCC(=C)C)OC(=O)CCCCCC)c2cc(CC)ccc12)OC(=O)CCCCCC. The number of hydrogen-bond acceptors (Lipinski definition) is 8. The van der Waals surface area contributed by atoms with Crippen LogP contribution in [0.15, 0.2) is 66.8 Å². The number of carbonyl (C=O) groups excluding carboxylic acids is 2. The maximum atomic E-state index is 12.8. The van der Waals surface area contributed by atoms with Crippen LogP contribution in [0.5, 0.6) is 11.5 Å². The Bertz CT molecular complexity index is 1580. The molecule has 52 heavy (non-hydrogen) atoms. The molecule has 8 heteroatoms. The average molecular weight is 719 g/mol. The van der Waals surface area contributed by atoms with Gasteiger partial charge in [-0.3, -0.25) is 9.59 Å². The Balaban J connectivity index is 1.92. The Kier molecular flexibility index (Phi) is 19.3. The van der Waals surface area contributed by atoms with Crippen LogP contribution in [0.3, 0.4) is 0 Å². The fourth-order valence-electron chi connectivity index (χ4n) is 5.87. The molecule has 0 radical (unpaired) electrons. The molecule has 0 aromatic heterocycles. The van der Waals surface area contributed by atoms with Crippen molar-refractivity contribution in [2.75, 3.05) is 39.6 Å². The minimum absolute atomic E-state index is 0.113. The van der Waals surface area contributed by atoms with Crippen molar-refractivity contribution in [2.45, 2.75) is 117 Å². The van der Waals surface area contributed by atoms with E-state index < -0.39 is 12.2 Å². The van der Waals surface area contributed by atoms with E-state index in [4.69, 9.17) is 28.4 Å². The summed E-state index contributed by atoms with van der Waals surface area (Å²) >= 11 is 0. The number of esters is 2. The van der Waals surface area contributed by atoms with Gasteiger partial charge in [0.15, 0.2) is 12.2 Å². The molecular formula is C44H62O8. The Morgan fingerprint density at radius 3 is 1.50 bits per heavy atom. The molecule has 0 heterocycles. The van der Waals surface area contributed by atoms with Gasteiger partial charge in [0.05, 0.1) is 26.4 Å². The maximum absolute atomic E-state index is 12.8. The largest absolute Gasteiger partial charge is 0.488 e. The molecule has 0 aliphatic heterocycles.